The van der Waals surface area contributed by atoms with Gasteiger partial charge >= 0.3 is 9.53 Å². The fourth-order valence-electron chi connectivity index (χ4n) is 0.823. The van der Waals surface area contributed by atoms with E-state index >= 15 is 0 Å². The zero-order valence-electron chi connectivity index (χ0n) is 9.19. The van der Waals surface area contributed by atoms with Gasteiger partial charge in [-0.15, -0.1) is 0 Å². The van der Waals surface area contributed by atoms with Crippen molar-refractivity contribution in [2.45, 2.75) is 6.92 Å². The minimum atomic E-state index is -1.67. The SMILES string of the molecule is CO[SiH](OC)OC.Cc1ccccc1. The number of aryl methyl sites for hydroxylation is 1. The maximum Gasteiger partial charge on any atom is 0.483 e. The van der Waals surface area contributed by atoms with Crippen LogP contribution in [-0.4, -0.2) is 30.9 Å². The molecule has 0 fully saturated rings. The Bertz CT molecular complexity index is 206. The lowest BCUT2D eigenvalue weighted by molar-refractivity contribution is 0.163. The molecule has 3 nitrogen and oxygen atoms in total. The van der Waals surface area contributed by atoms with Crippen molar-refractivity contribution in [2.75, 3.05) is 21.3 Å². The average molecular weight is 214 g/mol. The van der Waals surface area contributed by atoms with Crippen molar-refractivity contribution in [2.24, 2.45) is 0 Å². The van der Waals surface area contributed by atoms with Crippen LogP contribution in [0.5, 0.6) is 0 Å². The quantitative estimate of drug-likeness (QED) is 0.716. The molecule has 1 aromatic carbocycles. The van der Waals surface area contributed by atoms with Crippen LogP contribution in [0.25, 0.3) is 0 Å². The molecule has 14 heavy (non-hydrogen) atoms. The Hall–Kier alpha value is -0.683. The fraction of sp³-hybridized carbons (Fsp3) is 0.400. The Balaban J connectivity index is 0.000000241. The van der Waals surface area contributed by atoms with Gasteiger partial charge in [0, 0.05) is 21.3 Å². The van der Waals surface area contributed by atoms with Gasteiger partial charge in [0.15, 0.2) is 0 Å². The van der Waals surface area contributed by atoms with E-state index in [0.29, 0.717) is 0 Å². The Morgan fingerprint density at radius 1 is 0.857 bits per heavy atom. The van der Waals surface area contributed by atoms with Gasteiger partial charge in [-0.2, -0.15) is 0 Å². The van der Waals surface area contributed by atoms with Crippen molar-refractivity contribution in [3.05, 3.63) is 35.9 Å². The summed E-state index contributed by atoms with van der Waals surface area (Å²) in [5.41, 5.74) is 1.32. The first-order valence-corrected chi connectivity index (χ1v) is 5.76. The van der Waals surface area contributed by atoms with Crippen LogP contribution in [0.3, 0.4) is 0 Å². The molecular weight excluding hydrogens is 196 g/mol. The van der Waals surface area contributed by atoms with Crippen LogP contribution >= 0.6 is 0 Å². The molecule has 0 aliphatic rings. The number of rotatable bonds is 3. The summed E-state index contributed by atoms with van der Waals surface area (Å²) in [5, 5.41) is 0. The number of hydrogen-bond donors (Lipinski definition) is 0. The molecule has 80 valence electrons. The van der Waals surface area contributed by atoms with E-state index in [2.05, 4.69) is 19.1 Å². The smallest absolute Gasteiger partial charge is 0.379 e. The van der Waals surface area contributed by atoms with Gasteiger partial charge in [0.05, 0.1) is 0 Å². The highest BCUT2D eigenvalue weighted by Gasteiger charge is 2.04. The summed E-state index contributed by atoms with van der Waals surface area (Å²) in [4.78, 5) is 0. The molecule has 0 amide bonds. The van der Waals surface area contributed by atoms with E-state index in [0.717, 1.165) is 0 Å². The van der Waals surface area contributed by atoms with Crippen molar-refractivity contribution in [3.8, 4) is 0 Å². The average Bonchev–Trinajstić information content (AvgIpc) is 2.22. The largest absolute Gasteiger partial charge is 0.483 e. The molecule has 0 bridgehead atoms. The summed E-state index contributed by atoms with van der Waals surface area (Å²) in [7, 11) is 3.05. The van der Waals surface area contributed by atoms with E-state index in [1.54, 1.807) is 21.3 Å². The second-order valence-electron chi connectivity index (χ2n) is 2.65. The molecule has 0 spiro atoms. The van der Waals surface area contributed by atoms with Gasteiger partial charge in [-0.1, -0.05) is 35.9 Å². The highest BCUT2D eigenvalue weighted by Crippen LogP contribution is 1.92. The Kier molecular flexibility index (Phi) is 8.46. The summed E-state index contributed by atoms with van der Waals surface area (Å²) in [5.74, 6) is 0. The molecule has 0 saturated carbocycles. The molecule has 1 rings (SSSR count). The topological polar surface area (TPSA) is 27.7 Å². The van der Waals surface area contributed by atoms with E-state index in [9.17, 15) is 0 Å². The monoisotopic (exact) mass is 214 g/mol. The summed E-state index contributed by atoms with van der Waals surface area (Å²) in [6.45, 7) is 2.08. The Labute approximate surface area is 87.6 Å². The van der Waals surface area contributed by atoms with E-state index in [1.807, 2.05) is 18.2 Å². The van der Waals surface area contributed by atoms with Gasteiger partial charge in [-0.25, -0.2) is 0 Å². The lowest BCUT2D eigenvalue weighted by atomic mass is 10.2. The Morgan fingerprint density at radius 3 is 1.43 bits per heavy atom. The molecule has 0 aromatic heterocycles. The molecule has 0 aliphatic carbocycles. The van der Waals surface area contributed by atoms with Crippen LogP contribution in [0.2, 0.25) is 0 Å². The van der Waals surface area contributed by atoms with E-state index in [4.69, 9.17) is 13.3 Å². The fourth-order valence-corrected chi connectivity index (χ4v) is 1.40. The van der Waals surface area contributed by atoms with E-state index in [1.165, 1.54) is 5.56 Å². The first-order valence-electron chi connectivity index (χ1n) is 4.34. The van der Waals surface area contributed by atoms with Crippen molar-refractivity contribution in [1.29, 1.82) is 0 Å². The first-order chi connectivity index (χ1) is 6.74. The zero-order chi connectivity index (χ0) is 10.8. The third kappa shape index (κ3) is 6.79. The highest BCUT2D eigenvalue weighted by molar-refractivity contribution is 6.36. The van der Waals surface area contributed by atoms with Crippen LogP contribution in [-0.2, 0) is 13.3 Å². The van der Waals surface area contributed by atoms with Crippen LogP contribution in [0.15, 0.2) is 30.3 Å². The summed E-state index contributed by atoms with van der Waals surface area (Å²) in [6.07, 6.45) is 0. The second-order valence-corrected chi connectivity index (χ2v) is 4.64. The molecule has 0 aliphatic heterocycles. The molecule has 0 heterocycles. The maximum atomic E-state index is 4.74. The predicted octanol–water partition coefficient (Wildman–Crippen LogP) is 1.64. The number of hydrogen-bond acceptors (Lipinski definition) is 3. The van der Waals surface area contributed by atoms with E-state index < -0.39 is 9.53 Å². The van der Waals surface area contributed by atoms with Gasteiger partial charge in [-0.3, -0.25) is 0 Å². The zero-order valence-corrected chi connectivity index (χ0v) is 10.3. The minimum Gasteiger partial charge on any atom is -0.379 e. The second kappa shape index (κ2) is 8.90. The van der Waals surface area contributed by atoms with Crippen LogP contribution in [0.4, 0.5) is 0 Å². The van der Waals surface area contributed by atoms with Gasteiger partial charge in [0.1, 0.15) is 0 Å². The number of benzene rings is 1. The first kappa shape index (κ1) is 13.3. The standard InChI is InChI=1S/C7H8.C3H10O3Si/c1-7-5-3-2-4-6-7;1-4-7(5-2)6-3/h2-6H,1H3;7H,1-3H3. The van der Waals surface area contributed by atoms with Crippen molar-refractivity contribution < 1.29 is 13.3 Å². The van der Waals surface area contributed by atoms with E-state index in [-0.39, 0.29) is 0 Å². The molecule has 4 heteroatoms. The van der Waals surface area contributed by atoms with Crippen molar-refractivity contribution in [3.63, 3.8) is 0 Å². The molecule has 0 unspecified atom stereocenters. The lowest BCUT2D eigenvalue weighted by Crippen LogP contribution is -2.21. The van der Waals surface area contributed by atoms with Gasteiger partial charge in [-0.05, 0) is 6.92 Å². The molecule has 0 radical (unpaired) electrons. The Morgan fingerprint density at radius 2 is 1.29 bits per heavy atom. The third-order valence-electron chi connectivity index (χ3n) is 1.52. The lowest BCUT2D eigenvalue weighted by Gasteiger charge is -2.05. The molecular formula is C10H18O3Si. The third-order valence-corrected chi connectivity index (χ3v) is 2.67. The summed E-state index contributed by atoms with van der Waals surface area (Å²) in [6, 6.07) is 10.3. The van der Waals surface area contributed by atoms with Crippen LogP contribution < -0.4 is 0 Å². The predicted molar refractivity (Wildman–Crippen MR) is 59.4 cm³/mol. The van der Waals surface area contributed by atoms with Gasteiger partial charge in [0.25, 0.3) is 0 Å². The van der Waals surface area contributed by atoms with Crippen molar-refractivity contribution >= 4 is 9.53 Å². The molecule has 0 N–H and O–H groups in total. The molecule has 1 aromatic rings. The molecule has 0 atom stereocenters. The van der Waals surface area contributed by atoms with Crippen LogP contribution in [0, 0.1) is 6.92 Å². The molecule has 0 saturated heterocycles. The summed E-state index contributed by atoms with van der Waals surface area (Å²) >= 11 is 0. The summed E-state index contributed by atoms with van der Waals surface area (Å²) < 4.78 is 14.2. The highest BCUT2D eigenvalue weighted by atomic mass is 28.3. The van der Waals surface area contributed by atoms with Gasteiger partial charge in [0.2, 0.25) is 0 Å². The normalized spacial score (nSPS) is 9.50. The maximum absolute atomic E-state index is 4.74. The van der Waals surface area contributed by atoms with Crippen molar-refractivity contribution in [1.82, 2.24) is 0 Å². The minimum absolute atomic E-state index is 1.32. The van der Waals surface area contributed by atoms with Crippen LogP contribution in [0.1, 0.15) is 5.56 Å². The van der Waals surface area contributed by atoms with Gasteiger partial charge < -0.3 is 13.3 Å².